The predicted molar refractivity (Wildman–Crippen MR) is 112 cm³/mol. The Bertz CT molecular complexity index is 1120. The van der Waals surface area contributed by atoms with Crippen molar-refractivity contribution in [1.82, 2.24) is 4.90 Å². The summed E-state index contributed by atoms with van der Waals surface area (Å²) in [5.41, 5.74) is 2.71. The first kappa shape index (κ1) is 21.4. The second-order valence-corrected chi connectivity index (χ2v) is 7.35. The van der Waals surface area contributed by atoms with Crippen LogP contribution in [0.15, 0.2) is 78.9 Å². The fourth-order valence-corrected chi connectivity index (χ4v) is 3.68. The maximum absolute atomic E-state index is 13.2. The van der Waals surface area contributed by atoms with E-state index in [2.05, 4.69) is 10.1 Å². The van der Waals surface area contributed by atoms with Crippen molar-refractivity contribution in [3.05, 3.63) is 95.6 Å². The molecule has 0 aliphatic carbocycles. The quantitative estimate of drug-likeness (QED) is 0.635. The van der Waals surface area contributed by atoms with Crippen LogP contribution in [-0.4, -0.2) is 29.1 Å². The van der Waals surface area contributed by atoms with E-state index in [-0.39, 0.29) is 18.2 Å². The van der Waals surface area contributed by atoms with Gasteiger partial charge in [-0.25, -0.2) is 0 Å². The fourth-order valence-electron chi connectivity index (χ4n) is 3.68. The number of alkyl halides is 3. The second-order valence-electron chi connectivity index (χ2n) is 7.35. The van der Waals surface area contributed by atoms with Crippen LogP contribution in [0.5, 0.6) is 5.75 Å². The molecule has 2 amide bonds. The minimum absolute atomic E-state index is 0.269. The second kappa shape index (κ2) is 8.74. The van der Waals surface area contributed by atoms with Crippen molar-refractivity contribution in [1.29, 1.82) is 0 Å². The Morgan fingerprint density at radius 3 is 2.16 bits per heavy atom. The van der Waals surface area contributed by atoms with Gasteiger partial charge in [0.15, 0.2) is 0 Å². The molecule has 8 heteroatoms. The monoisotopic (exact) mass is 440 g/mol. The minimum atomic E-state index is -4.79. The molecule has 1 N–H and O–H groups in total. The Labute approximate surface area is 182 Å². The van der Waals surface area contributed by atoms with E-state index < -0.39 is 18.3 Å². The van der Waals surface area contributed by atoms with Gasteiger partial charge < -0.3 is 15.0 Å². The molecule has 4 rings (SSSR count). The van der Waals surface area contributed by atoms with Crippen LogP contribution in [0.2, 0.25) is 0 Å². The van der Waals surface area contributed by atoms with Crippen molar-refractivity contribution < 1.29 is 27.5 Å². The average Bonchev–Trinajstić information content (AvgIpc) is 2.78. The Balaban J connectivity index is 1.56. The first-order chi connectivity index (χ1) is 15.3. The van der Waals surface area contributed by atoms with Gasteiger partial charge in [0.05, 0.1) is 0 Å². The molecular weight excluding hydrogens is 421 g/mol. The van der Waals surface area contributed by atoms with E-state index in [1.165, 1.54) is 17.0 Å². The summed E-state index contributed by atoms with van der Waals surface area (Å²) in [4.78, 5) is 27.8. The van der Waals surface area contributed by atoms with Gasteiger partial charge in [-0.2, -0.15) is 0 Å². The number of hydrogen-bond donors (Lipinski definition) is 1. The van der Waals surface area contributed by atoms with E-state index in [1.807, 2.05) is 24.3 Å². The molecule has 1 heterocycles. The molecule has 1 atom stereocenters. The van der Waals surface area contributed by atoms with Crippen LogP contribution < -0.4 is 10.1 Å². The third kappa shape index (κ3) is 4.91. The molecule has 0 saturated carbocycles. The highest BCUT2D eigenvalue weighted by Gasteiger charge is 2.35. The van der Waals surface area contributed by atoms with Gasteiger partial charge in [0.1, 0.15) is 11.8 Å². The number of carbonyl (C=O) groups is 2. The molecule has 0 saturated heterocycles. The number of anilines is 1. The van der Waals surface area contributed by atoms with Gasteiger partial charge in [0.25, 0.3) is 5.91 Å². The third-order valence-corrected chi connectivity index (χ3v) is 5.19. The number of nitrogens with one attached hydrogen (secondary N) is 1. The van der Waals surface area contributed by atoms with Crippen molar-refractivity contribution in [3.63, 3.8) is 0 Å². The number of fused-ring (bicyclic) bond motifs is 1. The van der Waals surface area contributed by atoms with Crippen LogP contribution in [0, 0.1) is 0 Å². The van der Waals surface area contributed by atoms with Crippen molar-refractivity contribution in [3.8, 4) is 5.75 Å². The molecule has 0 spiro atoms. The van der Waals surface area contributed by atoms with E-state index in [1.54, 1.807) is 30.3 Å². The lowest BCUT2D eigenvalue weighted by molar-refractivity contribution is -0.274. The predicted octanol–water partition coefficient (Wildman–Crippen LogP) is 4.79. The van der Waals surface area contributed by atoms with E-state index in [0.717, 1.165) is 23.3 Å². The highest BCUT2D eigenvalue weighted by atomic mass is 19.4. The number of rotatable bonds is 4. The summed E-state index contributed by atoms with van der Waals surface area (Å²) in [5, 5.41) is 2.70. The summed E-state index contributed by atoms with van der Waals surface area (Å²) in [5.74, 6) is -1.08. The number of ether oxygens (including phenoxy) is 1. The summed E-state index contributed by atoms with van der Waals surface area (Å²) in [7, 11) is 0. The Morgan fingerprint density at radius 1 is 0.875 bits per heavy atom. The van der Waals surface area contributed by atoms with Crippen LogP contribution in [-0.2, 0) is 17.8 Å². The molecule has 3 aromatic carbocycles. The summed E-state index contributed by atoms with van der Waals surface area (Å²) in [6.45, 7) is 0.278. The van der Waals surface area contributed by atoms with Gasteiger partial charge in [-0.3, -0.25) is 9.59 Å². The number of amides is 2. The zero-order valence-corrected chi connectivity index (χ0v) is 16.8. The minimum Gasteiger partial charge on any atom is -0.406 e. The molecule has 32 heavy (non-hydrogen) atoms. The molecule has 1 aliphatic heterocycles. The Hall–Kier alpha value is -3.81. The standard InChI is InChI=1S/C24H19F3N2O3/c25-24(26,27)32-20-12-10-19(11-13-20)28-22(30)21-14-17-8-4-5-9-18(17)15-29(21)23(31)16-6-2-1-3-7-16/h1-13,21H,14-15H2,(H,28,30)/t21-/m1/s1. The SMILES string of the molecule is O=C(Nc1ccc(OC(F)(F)F)cc1)[C@H]1Cc2ccccc2CN1C(=O)c1ccccc1. The molecule has 164 valence electrons. The van der Waals surface area contributed by atoms with Crippen LogP contribution >= 0.6 is 0 Å². The molecule has 3 aromatic rings. The van der Waals surface area contributed by atoms with Gasteiger partial charge in [-0.05, 0) is 47.5 Å². The molecule has 0 bridgehead atoms. The Morgan fingerprint density at radius 2 is 1.50 bits per heavy atom. The smallest absolute Gasteiger partial charge is 0.406 e. The number of nitrogens with zero attached hydrogens (tertiary/aromatic N) is 1. The summed E-state index contributed by atoms with van der Waals surface area (Å²) in [6, 6.07) is 20.4. The van der Waals surface area contributed by atoms with Crippen molar-refractivity contribution in [2.24, 2.45) is 0 Å². The number of halogens is 3. The summed E-state index contributed by atoms with van der Waals surface area (Å²) >= 11 is 0. The normalized spacial score (nSPS) is 15.6. The largest absolute Gasteiger partial charge is 0.573 e. The number of hydrogen-bond acceptors (Lipinski definition) is 3. The van der Waals surface area contributed by atoms with Crippen LogP contribution in [0.25, 0.3) is 0 Å². The first-order valence-corrected chi connectivity index (χ1v) is 9.89. The van der Waals surface area contributed by atoms with Gasteiger partial charge in [-0.15, -0.1) is 13.2 Å². The first-order valence-electron chi connectivity index (χ1n) is 9.89. The van der Waals surface area contributed by atoms with Gasteiger partial charge in [0.2, 0.25) is 5.91 Å². The van der Waals surface area contributed by atoms with Crippen molar-refractivity contribution in [2.75, 3.05) is 5.32 Å². The molecule has 0 fully saturated rings. The molecule has 0 unspecified atom stereocenters. The van der Waals surface area contributed by atoms with Crippen LogP contribution in [0.3, 0.4) is 0 Å². The number of benzene rings is 3. The highest BCUT2D eigenvalue weighted by Crippen LogP contribution is 2.27. The molecule has 5 nitrogen and oxygen atoms in total. The molecular formula is C24H19F3N2O3. The van der Waals surface area contributed by atoms with E-state index in [9.17, 15) is 22.8 Å². The Kier molecular flexibility index (Phi) is 5.85. The van der Waals surface area contributed by atoms with Crippen LogP contribution in [0.1, 0.15) is 21.5 Å². The van der Waals surface area contributed by atoms with Gasteiger partial charge in [0, 0.05) is 24.2 Å². The molecule has 1 aliphatic rings. The zero-order chi connectivity index (χ0) is 22.7. The van der Waals surface area contributed by atoms with Gasteiger partial charge >= 0.3 is 6.36 Å². The maximum atomic E-state index is 13.2. The van der Waals surface area contributed by atoms with Gasteiger partial charge in [-0.1, -0.05) is 42.5 Å². The lowest BCUT2D eigenvalue weighted by Crippen LogP contribution is -2.50. The highest BCUT2D eigenvalue weighted by molar-refractivity contribution is 6.01. The average molecular weight is 440 g/mol. The lowest BCUT2D eigenvalue weighted by Gasteiger charge is -2.36. The zero-order valence-electron chi connectivity index (χ0n) is 16.8. The van der Waals surface area contributed by atoms with Crippen molar-refractivity contribution >= 4 is 17.5 Å². The lowest BCUT2D eigenvalue weighted by atomic mass is 9.92. The topological polar surface area (TPSA) is 58.6 Å². The van der Waals surface area contributed by atoms with Crippen molar-refractivity contribution in [2.45, 2.75) is 25.4 Å². The molecule has 0 aromatic heterocycles. The molecule has 0 radical (unpaired) electrons. The van der Waals surface area contributed by atoms with E-state index >= 15 is 0 Å². The third-order valence-electron chi connectivity index (χ3n) is 5.19. The van der Waals surface area contributed by atoms with Crippen LogP contribution in [0.4, 0.5) is 18.9 Å². The summed E-state index contributed by atoms with van der Waals surface area (Å²) < 4.78 is 40.9. The number of carbonyl (C=O) groups excluding carboxylic acids is 2. The van der Waals surface area contributed by atoms with E-state index in [0.29, 0.717) is 17.7 Å². The fraction of sp³-hybridized carbons (Fsp3) is 0.167. The van der Waals surface area contributed by atoms with E-state index in [4.69, 9.17) is 0 Å². The maximum Gasteiger partial charge on any atom is 0.573 e. The summed E-state index contributed by atoms with van der Waals surface area (Å²) in [6.07, 6.45) is -4.46.